The highest BCUT2D eigenvalue weighted by Crippen LogP contribution is 2.33. The zero-order valence-electron chi connectivity index (χ0n) is 9.55. The molecule has 4 nitrogen and oxygen atoms in total. The average Bonchev–Trinajstić information content (AvgIpc) is 2.68. The lowest BCUT2D eigenvalue weighted by atomic mass is 9.96. The third-order valence-corrected chi connectivity index (χ3v) is 2.52. The fraction of sp³-hybridized carbons (Fsp3) is 0.800. The largest absolute Gasteiger partial charge is 0.338 e. The molecule has 1 saturated heterocycles. The van der Waals surface area contributed by atoms with Gasteiger partial charge in [-0.1, -0.05) is 25.9 Å². The first-order chi connectivity index (χ1) is 7.28. The molecule has 1 fully saturated rings. The molecule has 0 saturated carbocycles. The molecule has 1 aromatic rings. The van der Waals surface area contributed by atoms with Gasteiger partial charge < -0.3 is 4.52 Å². The fourth-order valence-corrected chi connectivity index (χ4v) is 1.57. The summed E-state index contributed by atoms with van der Waals surface area (Å²) < 4.78 is 30.9. The van der Waals surface area contributed by atoms with Crippen LogP contribution in [0.2, 0.25) is 0 Å². The minimum absolute atomic E-state index is 0.233. The molecule has 90 valence electrons. The molecule has 0 aromatic carbocycles. The third kappa shape index (κ3) is 2.21. The van der Waals surface area contributed by atoms with Crippen molar-refractivity contribution < 1.29 is 13.3 Å². The van der Waals surface area contributed by atoms with Crippen LogP contribution in [-0.2, 0) is 5.41 Å². The Kier molecular flexibility index (Phi) is 2.49. The zero-order valence-corrected chi connectivity index (χ0v) is 9.55. The van der Waals surface area contributed by atoms with Gasteiger partial charge in [0.25, 0.3) is 5.92 Å². The number of nitrogens with one attached hydrogen (secondary N) is 1. The minimum atomic E-state index is -2.68. The first-order valence-electron chi connectivity index (χ1n) is 5.23. The zero-order chi connectivity index (χ0) is 12.0. The molecule has 0 spiro atoms. The Bertz CT molecular complexity index is 384. The average molecular weight is 231 g/mol. The Labute approximate surface area is 92.4 Å². The van der Waals surface area contributed by atoms with Crippen molar-refractivity contribution in [2.24, 2.45) is 0 Å². The topological polar surface area (TPSA) is 51.0 Å². The second-order valence-electron chi connectivity index (χ2n) is 5.20. The lowest BCUT2D eigenvalue weighted by Crippen LogP contribution is -2.19. The van der Waals surface area contributed by atoms with Crippen LogP contribution in [0.3, 0.4) is 0 Å². The van der Waals surface area contributed by atoms with E-state index >= 15 is 0 Å². The maximum Gasteiger partial charge on any atom is 0.262 e. The van der Waals surface area contributed by atoms with E-state index in [9.17, 15) is 8.78 Å². The van der Waals surface area contributed by atoms with Gasteiger partial charge in [0.05, 0.1) is 12.6 Å². The van der Waals surface area contributed by atoms with Crippen molar-refractivity contribution in [3.63, 3.8) is 0 Å². The predicted octanol–water partition coefficient (Wildman–Crippen LogP) is 2.04. The van der Waals surface area contributed by atoms with E-state index < -0.39 is 12.0 Å². The van der Waals surface area contributed by atoms with Crippen LogP contribution in [-0.4, -0.2) is 22.6 Å². The van der Waals surface area contributed by atoms with Crippen molar-refractivity contribution in [2.75, 3.05) is 6.54 Å². The number of hydrogen-bond donors (Lipinski definition) is 1. The maximum atomic E-state index is 13.0. The van der Waals surface area contributed by atoms with Gasteiger partial charge in [-0.3, -0.25) is 5.32 Å². The van der Waals surface area contributed by atoms with E-state index in [4.69, 9.17) is 4.52 Å². The number of rotatable bonds is 1. The van der Waals surface area contributed by atoms with Crippen LogP contribution in [0, 0.1) is 0 Å². The van der Waals surface area contributed by atoms with Crippen LogP contribution >= 0.6 is 0 Å². The lowest BCUT2D eigenvalue weighted by Gasteiger charge is -2.11. The molecule has 0 radical (unpaired) electrons. The SMILES string of the molecule is CC(C)(C)c1noc(C2CC(F)(F)CN2)n1. The van der Waals surface area contributed by atoms with Gasteiger partial charge in [0.2, 0.25) is 5.89 Å². The van der Waals surface area contributed by atoms with Crippen molar-refractivity contribution in [1.82, 2.24) is 15.5 Å². The summed E-state index contributed by atoms with van der Waals surface area (Å²) in [5, 5.41) is 6.49. The van der Waals surface area contributed by atoms with Crippen molar-refractivity contribution in [3.05, 3.63) is 11.7 Å². The molecule has 1 N–H and O–H groups in total. The Balaban J connectivity index is 2.15. The van der Waals surface area contributed by atoms with E-state index in [-0.39, 0.29) is 24.3 Å². The van der Waals surface area contributed by atoms with Crippen molar-refractivity contribution >= 4 is 0 Å². The molecular formula is C10H15F2N3O. The number of nitrogens with zero attached hydrogens (tertiary/aromatic N) is 2. The van der Waals surface area contributed by atoms with Crippen molar-refractivity contribution in [3.8, 4) is 0 Å². The van der Waals surface area contributed by atoms with Crippen LogP contribution in [0.4, 0.5) is 8.78 Å². The van der Waals surface area contributed by atoms with Gasteiger partial charge in [-0.15, -0.1) is 0 Å². The minimum Gasteiger partial charge on any atom is -0.338 e. The van der Waals surface area contributed by atoms with Gasteiger partial charge in [0.1, 0.15) is 0 Å². The van der Waals surface area contributed by atoms with Gasteiger partial charge in [-0.25, -0.2) is 8.78 Å². The monoisotopic (exact) mass is 231 g/mol. The molecule has 1 aliphatic rings. The highest BCUT2D eigenvalue weighted by Gasteiger charge is 2.42. The fourth-order valence-electron chi connectivity index (χ4n) is 1.57. The second kappa shape index (κ2) is 3.48. The summed E-state index contributed by atoms with van der Waals surface area (Å²) in [5.41, 5.74) is -0.233. The quantitative estimate of drug-likeness (QED) is 0.803. The molecular weight excluding hydrogens is 216 g/mol. The standard InChI is InChI=1S/C10H15F2N3O/c1-9(2,3)8-14-7(16-15-8)6-4-10(11,12)5-13-6/h6,13H,4-5H2,1-3H3. The molecule has 1 aliphatic heterocycles. The molecule has 0 bridgehead atoms. The normalized spacial score (nSPS) is 24.9. The van der Waals surface area contributed by atoms with E-state index in [2.05, 4.69) is 15.5 Å². The van der Waals surface area contributed by atoms with Crippen molar-refractivity contribution in [1.29, 1.82) is 0 Å². The molecule has 1 aromatic heterocycles. The molecule has 0 aliphatic carbocycles. The molecule has 2 heterocycles. The van der Waals surface area contributed by atoms with Crippen LogP contribution in [0.5, 0.6) is 0 Å². The molecule has 1 unspecified atom stereocenters. The van der Waals surface area contributed by atoms with E-state index in [0.29, 0.717) is 5.82 Å². The van der Waals surface area contributed by atoms with E-state index in [1.807, 2.05) is 20.8 Å². The molecule has 6 heteroatoms. The number of halogens is 2. The Morgan fingerprint density at radius 3 is 2.56 bits per heavy atom. The molecule has 2 rings (SSSR count). The van der Waals surface area contributed by atoms with Gasteiger partial charge in [0.15, 0.2) is 5.82 Å². The Morgan fingerprint density at radius 2 is 2.12 bits per heavy atom. The van der Waals surface area contributed by atoms with Gasteiger partial charge in [-0.05, 0) is 0 Å². The van der Waals surface area contributed by atoms with E-state index in [1.54, 1.807) is 0 Å². The summed E-state index contributed by atoms with van der Waals surface area (Å²) in [6.45, 7) is 5.50. The second-order valence-corrected chi connectivity index (χ2v) is 5.20. The summed E-state index contributed by atoms with van der Waals surface area (Å²) in [7, 11) is 0. The Hall–Kier alpha value is -1.04. The highest BCUT2D eigenvalue weighted by atomic mass is 19.3. The first-order valence-corrected chi connectivity index (χ1v) is 5.23. The maximum absolute atomic E-state index is 13.0. The predicted molar refractivity (Wildman–Crippen MR) is 53.3 cm³/mol. The van der Waals surface area contributed by atoms with Crippen LogP contribution in [0.25, 0.3) is 0 Å². The van der Waals surface area contributed by atoms with Gasteiger partial charge in [0, 0.05) is 11.8 Å². The van der Waals surface area contributed by atoms with E-state index in [1.165, 1.54) is 0 Å². The molecule has 0 amide bonds. The van der Waals surface area contributed by atoms with Crippen LogP contribution in [0.1, 0.15) is 44.9 Å². The third-order valence-electron chi connectivity index (χ3n) is 2.52. The van der Waals surface area contributed by atoms with E-state index in [0.717, 1.165) is 0 Å². The smallest absolute Gasteiger partial charge is 0.262 e. The molecule has 16 heavy (non-hydrogen) atoms. The lowest BCUT2D eigenvalue weighted by molar-refractivity contribution is 0.0200. The highest BCUT2D eigenvalue weighted by molar-refractivity contribution is 5.04. The van der Waals surface area contributed by atoms with Gasteiger partial charge in [-0.2, -0.15) is 4.98 Å². The first kappa shape index (κ1) is 11.4. The number of hydrogen-bond acceptors (Lipinski definition) is 4. The number of aromatic nitrogens is 2. The summed E-state index contributed by atoms with van der Waals surface area (Å²) in [5.74, 6) is -1.89. The van der Waals surface area contributed by atoms with Crippen molar-refractivity contribution in [2.45, 2.75) is 44.6 Å². The Morgan fingerprint density at radius 1 is 1.44 bits per heavy atom. The summed E-state index contributed by atoms with van der Waals surface area (Å²) in [6, 6.07) is -0.529. The summed E-state index contributed by atoms with van der Waals surface area (Å²) >= 11 is 0. The number of alkyl halides is 2. The van der Waals surface area contributed by atoms with Gasteiger partial charge >= 0.3 is 0 Å². The molecule has 1 atom stereocenters. The summed E-state index contributed by atoms with van der Waals surface area (Å²) in [6.07, 6.45) is -0.279. The van der Waals surface area contributed by atoms with Crippen LogP contribution in [0.15, 0.2) is 4.52 Å². The van der Waals surface area contributed by atoms with Crippen LogP contribution < -0.4 is 5.32 Å². The summed E-state index contributed by atoms with van der Waals surface area (Å²) in [4.78, 5) is 4.16.